The molecule has 4 heteroatoms. The summed E-state index contributed by atoms with van der Waals surface area (Å²) < 4.78 is 12.7. The van der Waals surface area contributed by atoms with Crippen molar-refractivity contribution in [3.63, 3.8) is 0 Å². The van der Waals surface area contributed by atoms with E-state index in [1.54, 1.807) is 0 Å². The SMILES string of the molecule is CCc1c(CCCN)c(Br)cc2c1OCCCO2. The van der Waals surface area contributed by atoms with Gasteiger partial charge < -0.3 is 15.2 Å². The lowest BCUT2D eigenvalue weighted by Crippen LogP contribution is -2.05. The Morgan fingerprint density at radius 1 is 1.28 bits per heavy atom. The van der Waals surface area contributed by atoms with Crippen molar-refractivity contribution in [3.05, 3.63) is 21.7 Å². The molecule has 0 spiro atoms. The first-order chi connectivity index (χ1) is 8.77. The van der Waals surface area contributed by atoms with Crippen molar-refractivity contribution >= 4 is 15.9 Å². The first kappa shape index (κ1) is 13.7. The molecule has 0 aromatic heterocycles. The molecule has 1 aliphatic heterocycles. The third-order valence-electron chi connectivity index (χ3n) is 3.19. The molecule has 2 rings (SSSR count). The molecule has 0 radical (unpaired) electrons. The molecule has 0 unspecified atom stereocenters. The summed E-state index contributed by atoms with van der Waals surface area (Å²) in [5.41, 5.74) is 8.18. The fourth-order valence-electron chi connectivity index (χ4n) is 2.30. The molecule has 18 heavy (non-hydrogen) atoms. The molecule has 3 nitrogen and oxygen atoms in total. The van der Waals surface area contributed by atoms with Gasteiger partial charge in [0.15, 0.2) is 11.5 Å². The second-order valence-electron chi connectivity index (χ2n) is 4.44. The van der Waals surface area contributed by atoms with Gasteiger partial charge in [0.2, 0.25) is 0 Å². The molecule has 0 saturated heterocycles. The lowest BCUT2D eigenvalue weighted by atomic mass is 9.99. The zero-order valence-electron chi connectivity index (χ0n) is 10.8. The summed E-state index contributed by atoms with van der Waals surface area (Å²) >= 11 is 3.65. The monoisotopic (exact) mass is 313 g/mol. The largest absolute Gasteiger partial charge is 0.490 e. The summed E-state index contributed by atoms with van der Waals surface area (Å²) in [4.78, 5) is 0. The molecular formula is C14H20BrNO2. The molecule has 0 atom stereocenters. The highest BCUT2D eigenvalue weighted by Crippen LogP contribution is 2.40. The van der Waals surface area contributed by atoms with E-state index in [2.05, 4.69) is 22.9 Å². The van der Waals surface area contributed by atoms with E-state index in [0.29, 0.717) is 6.54 Å². The van der Waals surface area contributed by atoms with E-state index in [-0.39, 0.29) is 0 Å². The molecule has 2 N–H and O–H groups in total. The topological polar surface area (TPSA) is 44.5 Å². The second kappa shape index (κ2) is 6.43. The Hall–Kier alpha value is -0.740. The van der Waals surface area contributed by atoms with Gasteiger partial charge in [-0.3, -0.25) is 0 Å². The maximum absolute atomic E-state index is 5.87. The van der Waals surface area contributed by atoms with Gasteiger partial charge >= 0.3 is 0 Å². The molecule has 0 bridgehead atoms. The molecule has 0 saturated carbocycles. The van der Waals surface area contributed by atoms with Gasteiger partial charge in [0.1, 0.15) is 0 Å². The molecule has 0 amide bonds. The average molecular weight is 314 g/mol. The molecule has 1 heterocycles. The Balaban J connectivity index is 2.43. The number of fused-ring (bicyclic) bond motifs is 1. The summed E-state index contributed by atoms with van der Waals surface area (Å²) in [6.07, 6.45) is 3.86. The standard InChI is InChI=1S/C14H20BrNO2/c1-2-10-11(5-3-6-16)12(15)9-13-14(10)18-8-4-7-17-13/h9H,2-8,16H2,1H3. The zero-order valence-corrected chi connectivity index (χ0v) is 12.4. The van der Waals surface area contributed by atoms with Crippen molar-refractivity contribution in [1.82, 2.24) is 0 Å². The van der Waals surface area contributed by atoms with Gasteiger partial charge in [-0.05, 0) is 37.4 Å². The van der Waals surface area contributed by atoms with Crippen molar-refractivity contribution < 1.29 is 9.47 Å². The van der Waals surface area contributed by atoms with Crippen LogP contribution in [-0.4, -0.2) is 19.8 Å². The summed E-state index contributed by atoms with van der Waals surface area (Å²) in [6, 6.07) is 2.03. The minimum absolute atomic E-state index is 0.712. The van der Waals surface area contributed by atoms with Crippen molar-refractivity contribution in [2.75, 3.05) is 19.8 Å². The first-order valence-corrected chi connectivity index (χ1v) is 7.37. The van der Waals surface area contributed by atoms with Gasteiger partial charge in [-0.1, -0.05) is 22.9 Å². The van der Waals surface area contributed by atoms with Gasteiger partial charge in [0.05, 0.1) is 13.2 Å². The van der Waals surface area contributed by atoms with Gasteiger partial charge in [0, 0.05) is 16.5 Å². The van der Waals surface area contributed by atoms with E-state index in [9.17, 15) is 0 Å². The minimum Gasteiger partial charge on any atom is -0.490 e. The summed E-state index contributed by atoms with van der Waals surface area (Å²) in [5, 5.41) is 0. The molecule has 1 aromatic rings. The van der Waals surface area contributed by atoms with E-state index in [0.717, 1.165) is 54.9 Å². The first-order valence-electron chi connectivity index (χ1n) is 6.57. The number of hydrogen-bond acceptors (Lipinski definition) is 3. The van der Waals surface area contributed by atoms with Gasteiger partial charge in [0.25, 0.3) is 0 Å². The number of benzene rings is 1. The normalized spacial score (nSPS) is 14.4. The fraction of sp³-hybridized carbons (Fsp3) is 0.571. The van der Waals surface area contributed by atoms with Crippen molar-refractivity contribution in [3.8, 4) is 11.5 Å². The van der Waals surface area contributed by atoms with Crippen molar-refractivity contribution in [2.24, 2.45) is 5.73 Å². The predicted molar refractivity (Wildman–Crippen MR) is 76.5 cm³/mol. The van der Waals surface area contributed by atoms with Gasteiger partial charge in [-0.15, -0.1) is 0 Å². The van der Waals surface area contributed by atoms with Gasteiger partial charge in [-0.25, -0.2) is 0 Å². The zero-order chi connectivity index (χ0) is 13.0. The smallest absolute Gasteiger partial charge is 0.164 e. The molecule has 100 valence electrons. The highest BCUT2D eigenvalue weighted by Gasteiger charge is 2.19. The van der Waals surface area contributed by atoms with Crippen LogP contribution in [0.15, 0.2) is 10.5 Å². The third-order valence-corrected chi connectivity index (χ3v) is 3.89. The lowest BCUT2D eigenvalue weighted by Gasteiger charge is -2.17. The predicted octanol–water partition coefficient (Wildman–Crippen LogP) is 3.06. The highest BCUT2D eigenvalue weighted by atomic mass is 79.9. The van der Waals surface area contributed by atoms with Crippen LogP contribution in [0.3, 0.4) is 0 Å². The van der Waals surface area contributed by atoms with Crippen LogP contribution in [0.1, 0.15) is 30.9 Å². The Bertz CT molecular complexity index is 421. The van der Waals surface area contributed by atoms with E-state index in [4.69, 9.17) is 15.2 Å². The van der Waals surface area contributed by atoms with Crippen LogP contribution in [0.4, 0.5) is 0 Å². The van der Waals surface area contributed by atoms with Crippen LogP contribution in [0.25, 0.3) is 0 Å². The number of hydrogen-bond donors (Lipinski definition) is 1. The van der Waals surface area contributed by atoms with Crippen molar-refractivity contribution in [2.45, 2.75) is 32.6 Å². The van der Waals surface area contributed by atoms with Gasteiger partial charge in [-0.2, -0.15) is 0 Å². The number of rotatable bonds is 4. The second-order valence-corrected chi connectivity index (χ2v) is 5.29. The lowest BCUT2D eigenvalue weighted by molar-refractivity contribution is 0.296. The van der Waals surface area contributed by atoms with Crippen molar-refractivity contribution in [1.29, 1.82) is 0 Å². The molecule has 1 aromatic carbocycles. The molecule has 0 fully saturated rings. The van der Waals surface area contributed by atoms with E-state index in [1.165, 1.54) is 11.1 Å². The van der Waals surface area contributed by atoms with E-state index in [1.807, 2.05) is 6.07 Å². The number of nitrogens with two attached hydrogens (primary N) is 1. The summed E-state index contributed by atoms with van der Waals surface area (Å²) in [6.45, 7) is 4.33. The Morgan fingerprint density at radius 2 is 2.06 bits per heavy atom. The summed E-state index contributed by atoms with van der Waals surface area (Å²) in [7, 11) is 0. The number of halogens is 1. The maximum Gasteiger partial charge on any atom is 0.164 e. The van der Waals surface area contributed by atoms with E-state index >= 15 is 0 Å². The molecule has 0 aliphatic carbocycles. The highest BCUT2D eigenvalue weighted by molar-refractivity contribution is 9.10. The Labute approximate surface area is 117 Å². The van der Waals surface area contributed by atoms with Crippen LogP contribution in [0.5, 0.6) is 11.5 Å². The molecule has 1 aliphatic rings. The van der Waals surface area contributed by atoms with Crippen LogP contribution in [0, 0.1) is 0 Å². The molecular weight excluding hydrogens is 294 g/mol. The minimum atomic E-state index is 0.712. The quantitative estimate of drug-likeness (QED) is 0.929. The maximum atomic E-state index is 5.87. The fourth-order valence-corrected chi connectivity index (χ4v) is 2.95. The van der Waals surface area contributed by atoms with Crippen LogP contribution in [-0.2, 0) is 12.8 Å². The Kier molecular flexibility index (Phi) is 4.89. The third kappa shape index (κ3) is 2.81. The number of ether oxygens (including phenoxy) is 2. The van der Waals surface area contributed by atoms with Crippen LogP contribution >= 0.6 is 15.9 Å². The summed E-state index contributed by atoms with van der Waals surface area (Å²) in [5.74, 6) is 1.80. The average Bonchev–Trinajstić information content (AvgIpc) is 2.60. The van der Waals surface area contributed by atoms with E-state index < -0.39 is 0 Å². The Morgan fingerprint density at radius 3 is 2.78 bits per heavy atom. The van der Waals surface area contributed by atoms with Crippen LogP contribution < -0.4 is 15.2 Å². The van der Waals surface area contributed by atoms with Crippen LogP contribution in [0.2, 0.25) is 0 Å².